The fraction of sp³-hybridized carbons (Fsp3) is 0.833. The van der Waals surface area contributed by atoms with Gasteiger partial charge in [-0.25, -0.2) is 0 Å². The van der Waals surface area contributed by atoms with Crippen molar-refractivity contribution in [2.24, 2.45) is 0 Å². The Balaban J connectivity index is 1.85. The first-order chi connectivity index (χ1) is 6.74. The van der Waals surface area contributed by atoms with E-state index in [2.05, 4.69) is 13.0 Å². The Bertz CT molecular complexity index is 224. The quantitative estimate of drug-likeness (QED) is 0.504. The topological polar surface area (TPSA) is 9.23 Å². The fourth-order valence-corrected chi connectivity index (χ4v) is 2.78. The molecule has 0 aromatic heterocycles. The van der Waals surface area contributed by atoms with E-state index >= 15 is 0 Å². The van der Waals surface area contributed by atoms with Crippen molar-refractivity contribution < 1.29 is 4.74 Å². The van der Waals surface area contributed by atoms with Crippen LogP contribution in [0.4, 0.5) is 0 Å². The third-order valence-corrected chi connectivity index (χ3v) is 3.55. The number of rotatable bonds is 2. The number of allylic oxidation sites excluding steroid dienone is 1. The van der Waals surface area contributed by atoms with Crippen LogP contribution in [0.3, 0.4) is 0 Å². The molecule has 1 heterocycles. The van der Waals surface area contributed by atoms with Gasteiger partial charge in [-0.1, -0.05) is 11.6 Å². The van der Waals surface area contributed by atoms with Crippen molar-refractivity contribution in [2.75, 3.05) is 0 Å². The van der Waals surface area contributed by atoms with Crippen LogP contribution in [0.1, 0.15) is 45.4 Å². The summed E-state index contributed by atoms with van der Waals surface area (Å²) in [6.45, 7) is 2.17. The van der Waals surface area contributed by atoms with Crippen LogP contribution in [-0.2, 0) is 4.74 Å². The predicted molar refractivity (Wildman–Crippen MR) is 59.8 cm³/mol. The minimum atomic E-state index is 0.276. The Kier molecular flexibility index (Phi) is 3.51. The van der Waals surface area contributed by atoms with E-state index in [1.807, 2.05) is 0 Å². The highest BCUT2D eigenvalue weighted by atomic mass is 35.5. The highest BCUT2D eigenvalue weighted by molar-refractivity contribution is 6.21. The second kappa shape index (κ2) is 4.67. The molecule has 0 spiro atoms. The molecule has 3 unspecified atom stereocenters. The summed E-state index contributed by atoms with van der Waals surface area (Å²) in [5.41, 5.74) is 1.52. The molecule has 0 bridgehead atoms. The van der Waals surface area contributed by atoms with E-state index in [0.29, 0.717) is 12.2 Å². The lowest BCUT2D eigenvalue weighted by molar-refractivity contribution is 0.0557. The molecule has 2 heteroatoms. The zero-order valence-electron chi connectivity index (χ0n) is 8.84. The van der Waals surface area contributed by atoms with Crippen molar-refractivity contribution in [3.63, 3.8) is 0 Å². The second-order valence-electron chi connectivity index (χ2n) is 4.58. The molecule has 0 aromatic rings. The zero-order chi connectivity index (χ0) is 9.97. The highest BCUT2D eigenvalue weighted by Crippen LogP contribution is 2.30. The van der Waals surface area contributed by atoms with E-state index in [9.17, 15) is 0 Å². The van der Waals surface area contributed by atoms with Gasteiger partial charge in [0.15, 0.2) is 0 Å². The van der Waals surface area contributed by atoms with Crippen molar-refractivity contribution in [1.82, 2.24) is 0 Å². The van der Waals surface area contributed by atoms with Crippen molar-refractivity contribution >= 4 is 11.6 Å². The van der Waals surface area contributed by atoms with Gasteiger partial charge in [-0.3, -0.25) is 0 Å². The Morgan fingerprint density at radius 1 is 1.43 bits per heavy atom. The largest absolute Gasteiger partial charge is 0.375 e. The summed E-state index contributed by atoms with van der Waals surface area (Å²) in [4.78, 5) is 0. The first-order valence-electron chi connectivity index (χ1n) is 5.73. The van der Waals surface area contributed by atoms with Crippen LogP contribution >= 0.6 is 11.6 Å². The lowest BCUT2D eigenvalue weighted by Crippen LogP contribution is -2.12. The van der Waals surface area contributed by atoms with Gasteiger partial charge < -0.3 is 4.74 Å². The van der Waals surface area contributed by atoms with E-state index in [1.54, 1.807) is 0 Å². The van der Waals surface area contributed by atoms with Gasteiger partial charge in [-0.15, -0.1) is 11.6 Å². The van der Waals surface area contributed by atoms with Gasteiger partial charge in [0.05, 0.1) is 17.6 Å². The van der Waals surface area contributed by atoms with Crippen LogP contribution in [-0.4, -0.2) is 17.6 Å². The Morgan fingerprint density at radius 3 is 2.93 bits per heavy atom. The van der Waals surface area contributed by atoms with E-state index in [4.69, 9.17) is 16.3 Å². The molecule has 1 aliphatic heterocycles. The van der Waals surface area contributed by atoms with Crippen molar-refractivity contribution in [1.29, 1.82) is 0 Å². The fourth-order valence-electron chi connectivity index (χ4n) is 2.44. The summed E-state index contributed by atoms with van der Waals surface area (Å²) in [5, 5.41) is 0.276. The molecular formula is C12H19ClO. The average molecular weight is 215 g/mol. The first-order valence-corrected chi connectivity index (χ1v) is 6.17. The van der Waals surface area contributed by atoms with Gasteiger partial charge in [-0.2, -0.15) is 0 Å². The van der Waals surface area contributed by atoms with Gasteiger partial charge in [0.1, 0.15) is 0 Å². The van der Waals surface area contributed by atoms with E-state index in [-0.39, 0.29) is 5.38 Å². The molecule has 2 rings (SSSR count). The molecule has 0 aromatic carbocycles. The highest BCUT2D eigenvalue weighted by Gasteiger charge is 2.23. The summed E-state index contributed by atoms with van der Waals surface area (Å²) in [6.07, 6.45) is 10.4. The Labute approximate surface area is 91.5 Å². The normalized spacial score (nSPS) is 38.4. The van der Waals surface area contributed by atoms with Gasteiger partial charge in [-0.05, 0) is 45.4 Å². The third kappa shape index (κ3) is 2.74. The lowest BCUT2D eigenvalue weighted by atomic mass is 9.94. The molecule has 80 valence electrons. The van der Waals surface area contributed by atoms with Gasteiger partial charge in [0, 0.05) is 0 Å². The molecule has 1 aliphatic carbocycles. The summed E-state index contributed by atoms with van der Waals surface area (Å²) in [5.74, 6) is 0. The summed E-state index contributed by atoms with van der Waals surface area (Å²) in [6, 6.07) is 0. The summed E-state index contributed by atoms with van der Waals surface area (Å²) in [7, 11) is 0. The molecule has 1 nitrogen and oxygen atoms in total. The van der Waals surface area contributed by atoms with Gasteiger partial charge >= 0.3 is 0 Å². The summed E-state index contributed by atoms with van der Waals surface area (Å²) >= 11 is 6.11. The molecule has 14 heavy (non-hydrogen) atoms. The monoisotopic (exact) mass is 214 g/mol. The Morgan fingerprint density at radius 2 is 2.29 bits per heavy atom. The lowest BCUT2D eigenvalue weighted by Gasteiger charge is -2.19. The number of hydrogen-bond donors (Lipinski definition) is 0. The van der Waals surface area contributed by atoms with E-state index < -0.39 is 0 Å². The van der Waals surface area contributed by atoms with Crippen LogP contribution in [0.25, 0.3) is 0 Å². The molecule has 2 aliphatic rings. The van der Waals surface area contributed by atoms with E-state index in [1.165, 1.54) is 31.3 Å². The first kappa shape index (κ1) is 10.5. The number of ether oxygens (including phenoxy) is 1. The number of hydrogen-bond acceptors (Lipinski definition) is 1. The van der Waals surface area contributed by atoms with E-state index in [0.717, 1.165) is 12.8 Å². The molecule has 0 saturated carbocycles. The molecule has 0 radical (unpaired) electrons. The van der Waals surface area contributed by atoms with Crippen LogP contribution in [0.2, 0.25) is 0 Å². The predicted octanol–water partition coefficient (Wildman–Crippen LogP) is 3.66. The van der Waals surface area contributed by atoms with Crippen LogP contribution in [0.5, 0.6) is 0 Å². The standard InChI is InChI=1S/C12H19ClO/c1-9-5-6-12(14-9)8-10-3-2-4-11(13)7-10/h7,9,11-12H,2-6,8H2,1H3. The molecule has 1 saturated heterocycles. The molecule has 1 fully saturated rings. The van der Waals surface area contributed by atoms with Crippen LogP contribution in [0.15, 0.2) is 11.6 Å². The summed E-state index contributed by atoms with van der Waals surface area (Å²) < 4.78 is 5.82. The van der Waals surface area contributed by atoms with Crippen molar-refractivity contribution in [2.45, 2.75) is 63.0 Å². The van der Waals surface area contributed by atoms with Crippen LogP contribution in [0, 0.1) is 0 Å². The molecule has 3 atom stereocenters. The van der Waals surface area contributed by atoms with Crippen molar-refractivity contribution in [3.8, 4) is 0 Å². The van der Waals surface area contributed by atoms with Gasteiger partial charge in [0.2, 0.25) is 0 Å². The number of halogens is 1. The third-order valence-electron chi connectivity index (χ3n) is 3.20. The smallest absolute Gasteiger partial charge is 0.0616 e. The minimum Gasteiger partial charge on any atom is -0.375 e. The SMILES string of the molecule is CC1CCC(CC2=CC(Cl)CCC2)O1. The van der Waals surface area contributed by atoms with Crippen LogP contribution < -0.4 is 0 Å². The van der Waals surface area contributed by atoms with Crippen molar-refractivity contribution in [3.05, 3.63) is 11.6 Å². The van der Waals surface area contributed by atoms with Gasteiger partial charge in [0.25, 0.3) is 0 Å². The molecule has 0 amide bonds. The second-order valence-corrected chi connectivity index (χ2v) is 5.14. The maximum atomic E-state index is 6.11. The zero-order valence-corrected chi connectivity index (χ0v) is 9.59. The maximum absolute atomic E-state index is 6.11. The number of alkyl halides is 1. The minimum absolute atomic E-state index is 0.276. The molecular weight excluding hydrogens is 196 g/mol. The Hall–Kier alpha value is -0.0100. The maximum Gasteiger partial charge on any atom is 0.0616 e. The molecule has 0 N–H and O–H groups in total. The average Bonchev–Trinajstić information content (AvgIpc) is 2.51.